The van der Waals surface area contributed by atoms with E-state index in [1.807, 2.05) is 25.1 Å². The van der Waals surface area contributed by atoms with Crippen LogP contribution in [0.1, 0.15) is 18.5 Å². The number of hydrogen-bond acceptors (Lipinski definition) is 2. The summed E-state index contributed by atoms with van der Waals surface area (Å²) in [5.74, 6) is 5.34. The molecule has 0 aliphatic rings. The Balaban J connectivity index is 3.04. The molecule has 0 radical (unpaired) electrons. The molecule has 4 heteroatoms. The van der Waals surface area contributed by atoms with Crippen molar-refractivity contribution in [2.75, 3.05) is 0 Å². The van der Waals surface area contributed by atoms with Crippen LogP contribution in [0.5, 0.6) is 0 Å². The van der Waals surface area contributed by atoms with Gasteiger partial charge in [-0.3, -0.25) is 11.3 Å². The van der Waals surface area contributed by atoms with E-state index in [1.165, 1.54) is 0 Å². The van der Waals surface area contributed by atoms with Crippen molar-refractivity contribution in [2.24, 2.45) is 5.84 Å². The minimum absolute atomic E-state index is 0.150. The van der Waals surface area contributed by atoms with Gasteiger partial charge in [0, 0.05) is 15.0 Å². The molecular formula is C8H10Br2N2. The fraction of sp³-hybridized carbons (Fsp3) is 0.250. The lowest BCUT2D eigenvalue weighted by atomic mass is 10.1. The lowest BCUT2D eigenvalue weighted by Crippen LogP contribution is -2.25. The second-order valence-corrected chi connectivity index (χ2v) is 4.32. The molecule has 1 aromatic carbocycles. The van der Waals surface area contributed by atoms with Crippen molar-refractivity contribution in [2.45, 2.75) is 13.0 Å². The summed E-state index contributed by atoms with van der Waals surface area (Å²) in [5.41, 5.74) is 3.84. The Morgan fingerprint density at radius 1 is 1.42 bits per heavy atom. The molecule has 0 bridgehead atoms. The molecule has 0 saturated carbocycles. The minimum Gasteiger partial charge on any atom is -0.271 e. The highest BCUT2D eigenvalue weighted by Gasteiger charge is 2.07. The number of nitrogens with one attached hydrogen (secondary N) is 1. The SMILES string of the molecule is CC(NN)c1cc(Br)ccc1Br. The molecule has 3 N–H and O–H groups in total. The van der Waals surface area contributed by atoms with Crippen molar-refractivity contribution in [3.8, 4) is 0 Å². The number of nitrogens with two attached hydrogens (primary N) is 1. The highest BCUT2D eigenvalue weighted by molar-refractivity contribution is 9.11. The van der Waals surface area contributed by atoms with E-state index in [1.54, 1.807) is 0 Å². The Labute approximate surface area is 88.8 Å². The molecule has 1 atom stereocenters. The number of hydrazine groups is 1. The molecule has 0 spiro atoms. The summed E-state index contributed by atoms with van der Waals surface area (Å²) in [7, 11) is 0. The lowest BCUT2D eigenvalue weighted by Gasteiger charge is -2.12. The van der Waals surface area contributed by atoms with Gasteiger partial charge in [-0.25, -0.2) is 0 Å². The van der Waals surface area contributed by atoms with E-state index in [4.69, 9.17) is 5.84 Å². The van der Waals surface area contributed by atoms with Crippen molar-refractivity contribution in [1.82, 2.24) is 5.43 Å². The molecule has 0 aliphatic carbocycles. The van der Waals surface area contributed by atoms with Gasteiger partial charge in [-0.2, -0.15) is 0 Å². The van der Waals surface area contributed by atoms with Crippen LogP contribution < -0.4 is 11.3 Å². The summed E-state index contributed by atoms with van der Waals surface area (Å²) in [6, 6.07) is 6.16. The van der Waals surface area contributed by atoms with Crippen LogP contribution >= 0.6 is 31.9 Å². The van der Waals surface area contributed by atoms with Gasteiger partial charge < -0.3 is 0 Å². The zero-order valence-electron chi connectivity index (χ0n) is 6.64. The molecule has 0 heterocycles. The van der Waals surface area contributed by atoms with Gasteiger partial charge in [0.1, 0.15) is 0 Å². The zero-order valence-corrected chi connectivity index (χ0v) is 9.81. The average Bonchev–Trinajstić information content (AvgIpc) is 2.08. The Hall–Kier alpha value is 0.1000. The van der Waals surface area contributed by atoms with Crippen LogP contribution in [0.4, 0.5) is 0 Å². The summed E-state index contributed by atoms with van der Waals surface area (Å²) in [6.45, 7) is 2.01. The topological polar surface area (TPSA) is 38.0 Å². The van der Waals surface area contributed by atoms with Crippen LogP contribution in [0.3, 0.4) is 0 Å². The van der Waals surface area contributed by atoms with Gasteiger partial charge in [0.15, 0.2) is 0 Å². The number of rotatable bonds is 2. The maximum absolute atomic E-state index is 5.34. The Morgan fingerprint density at radius 3 is 2.67 bits per heavy atom. The monoisotopic (exact) mass is 292 g/mol. The summed E-state index contributed by atoms with van der Waals surface area (Å²) in [5, 5.41) is 0. The average molecular weight is 294 g/mol. The highest BCUT2D eigenvalue weighted by atomic mass is 79.9. The third kappa shape index (κ3) is 2.29. The molecule has 0 amide bonds. The third-order valence-corrected chi connectivity index (χ3v) is 2.89. The van der Waals surface area contributed by atoms with Gasteiger partial charge in [-0.1, -0.05) is 31.9 Å². The number of benzene rings is 1. The molecule has 0 aromatic heterocycles. The van der Waals surface area contributed by atoms with Crippen LogP contribution in [0.25, 0.3) is 0 Å². The smallest absolute Gasteiger partial charge is 0.0443 e. The van der Waals surface area contributed by atoms with Gasteiger partial charge in [0.2, 0.25) is 0 Å². The summed E-state index contributed by atoms with van der Waals surface area (Å²) in [4.78, 5) is 0. The van der Waals surface area contributed by atoms with E-state index in [0.29, 0.717) is 0 Å². The lowest BCUT2D eigenvalue weighted by molar-refractivity contribution is 0.600. The van der Waals surface area contributed by atoms with Crippen molar-refractivity contribution < 1.29 is 0 Å². The molecule has 1 unspecified atom stereocenters. The molecule has 66 valence electrons. The fourth-order valence-electron chi connectivity index (χ4n) is 0.936. The first-order valence-electron chi connectivity index (χ1n) is 3.56. The second kappa shape index (κ2) is 4.37. The molecule has 1 rings (SSSR count). The Morgan fingerprint density at radius 2 is 2.08 bits per heavy atom. The summed E-state index contributed by atoms with van der Waals surface area (Å²) in [6.07, 6.45) is 0. The van der Waals surface area contributed by atoms with E-state index in [0.717, 1.165) is 14.5 Å². The fourth-order valence-corrected chi connectivity index (χ4v) is 1.91. The molecular weight excluding hydrogens is 284 g/mol. The molecule has 2 nitrogen and oxygen atoms in total. The van der Waals surface area contributed by atoms with Gasteiger partial charge in [0.25, 0.3) is 0 Å². The van der Waals surface area contributed by atoms with Crippen molar-refractivity contribution in [3.05, 3.63) is 32.7 Å². The Kier molecular flexibility index (Phi) is 3.71. The second-order valence-electron chi connectivity index (χ2n) is 2.55. The maximum atomic E-state index is 5.34. The quantitative estimate of drug-likeness (QED) is 0.650. The standard InChI is InChI=1S/C8H10Br2N2/c1-5(12-11)7-4-6(9)2-3-8(7)10/h2-5,12H,11H2,1H3. The van der Waals surface area contributed by atoms with Crippen molar-refractivity contribution >= 4 is 31.9 Å². The first kappa shape index (κ1) is 10.2. The number of halogens is 2. The van der Waals surface area contributed by atoms with Crippen LogP contribution in [0.2, 0.25) is 0 Å². The zero-order chi connectivity index (χ0) is 9.14. The minimum atomic E-state index is 0.150. The van der Waals surface area contributed by atoms with Gasteiger partial charge in [-0.05, 0) is 30.7 Å². The number of hydrogen-bond donors (Lipinski definition) is 2. The highest BCUT2D eigenvalue weighted by Crippen LogP contribution is 2.26. The van der Waals surface area contributed by atoms with Crippen LogP contribution in [-0.4, -0.2) is 0 Å². The van der Waals surface area contributed by atoms with E-state index < -0.39 is 0 Å². The summed E-state index contributed by atoms with van der Waals surface area (Å²) >= 11 is 6.86. The van der Waals surface area contributed by atoms with Crippen molar-refractivity contribution in [3.63, 3.8) is 0 Å². The Bertz CT molecular complexity index is 276. The normalized spacial score (nSPS) is 13.0. The van der Waals surface area contributed by atoms with E-state index in [2.05, 4.69) is 37.3 Å². The van der Waals surface area contributed by atoms with Gasteiger partial charge in [-0.15, -0.1) is 0 Å². The molecule has 12 heavy (non-hydrogen) atoms. The summed E-state index contributed by atoms with van der Waals surface area (Å²) < 4.78 is 2.12. The molecule has 1 aromatic rings. The van der Waals surface area contributed by atoms with Gasteiger partial charge in [0.05, 0.1) is 0 Å². The molecule has 0 saturated heterocycles. The van der Waals surface area contributed by atoms with Crippen LogP contribution in [0.15, 0.2) is 27.1 Å². The van der Waals surface area contributed by atoms with Gasteiger partial charge >= 0.3 is 0 Å². The molecule has 0 fully saturated rings. The predicted molar refractivity (Wildman–Crippen MR) is 57.6 cm³/mol. The van der Waals surface area contributed by atoms with E-state index >= 15 is 0 Å². The maximum Gasteiger partial charge on any atom is 0.0443 e. The van der Waals surface area contributed by atoms with Crippen LogP contribution in [-0.2, 0) is 0 Å². The first-order chi connectivity index (χ1) is 5.65. The first-order valence-corrected chi connectivity index (χ1v) is 5.15. The van der Waals surface area contributed by atoms with Crippen LogP contribution in [0, 0.1) is 0 Å². The van der Waals surface area contributed by atoms with E-state index in [-0.39, 0.29) is 6.04 Å². The largest absolute Gasteiger partial charge is 0.271 e. The molecule has 0 aliphatic heterocycles. The van der Waals surface area contributed by atoms with E-state index in [9.17, 15) is 0 Å². The third-order valence-electron chi connectivity index (χ3n) is 1.67. The predicted octanol–water partition coefficient (Wildman–Crippen LogP) is 2.74. The van der Waals surface area contributed by atoms with Crippen molar-refractivity contribution in [1.29, 1.82) is 0 Å².